The Bertz CT molecular complexity index is 740. The topological polar surface area (TPSA) is 37.8 Å². The number of anilines is 1. The van der Waals surface area contributed by atoms with Gasteiger partial charge in [-0.1, -0.05) is 18.2 Å². The number of nitrogens with one attached hydrogen (secondary N) is 1. The average molecular weight is 360 g/mol. The molecule has 0 aliphatic heterocycles. The highest BCUT2D eigenvalue weighted by Gasteiger charge is 2.06. The van der Waals surface area contributed by atoms with E-state index in [4.69, 9.17) is 0 Å². The smallest absolute Gasteiger partial charge is 0.142 e. The van der Waals surface area contributed by atoms with Gasteiger partial charge in [0, 0.05) is 21.7 Å². The first-order valence-corrected chi connectivity index (χ1v) is 8.26. The number of nitrogens with zero attached hydrogens (tertiary/aromatic N) is 2. The molecular weight excluding hydrogens is 346 g/mol. The first kappa shape index (κ1) is 14.2. The van der Waals surface area contributed by atoms with Crippen LogP contribution in [0.15, 0.2) is 52.4 Å². The predicted octanol–water partition coefficient (Wildman–Crippen LogP) is 4.89. The molecule has 5 heteroatoms. The number of thiazole rings is 1. The molecule has 3 aromatic rings. The number of hydrogen-bond acceptors (Lipinski definition) is 4. The molecule has 0 aliphatic rings. The maximum Gasteiger partial charge on any atom is 0.142 e. The maximum absolute atomic E-state index is 4.63. The predicted molar refractivity (Wildman–Crippen MR) is 91.6 cm³/mol. The third-order valence-electron chi connectivity index (χ3n) is 3.09. The first-order valence-electron chi connectivity index (χ1n) is 6.59. The summed E-state index contributed by atoms with van der Waals surface area (Å²) in [4.78, 5) is 8.95. The normalized spacial score (nSPS) is 10.6. The second kappa shape index (κ2) is 6.37. The summed E-state index contributed by atoms with van der Waals surface area (Å²) in [5.74, 6) is 0. The molecule has 0 unspecified atom stereocenters. The lowest BCUT2D eigenvalue weighted by atomic mass is 10.2. The highest BCUT2D eigenvalue weighted by atomic mass is 79.9. The lowest BCUT2D eigenvalue weighted by molar-refractivity contribution is 1.07. The van der Waals surface area contributed by atoms with E-state index in [1.165, 1.54) is 5.56 Å². The van der Waals surface area contributed by atoms with Crippen LogP contribution >= 0.6 is 27.3 Å². The van der Waals surface area contributed by atoms with Gasteiger partial charge in [0.2, 0.25) is 0 Å². The number of halogens is 1. The molecule has 0 spiro atoms. The summed E-state index contributed by atoms with van der Waals surface area (Å²) < 4.78 is 1.10. The van der Waals surface area contributed by atoms with Gasteiger partial charge in [-0.05, 0) is 46.6 Å². The molecule has 1 aromatic carbocycles. The van der Waals surface area contributed by atoms with Gasteiger partial charge < -0.3 is 5.32 Å². The van der Waals surface area contributed by atoms with Crippen molar-refractivity contribution < 1.29 is 0 Å². The van der Waals surface area contributed by atoms with E-state index in [2.05, 4.69) is 55.7 Å². The van der Waals surface area contributed by atoms with Gasteiger partial charge in [0.25, 0.3) is 0 Å². The highest BCUT2D eigenvalue weighted by Crippen LogP contribution is 2.27. The first-order chi connectivity index (χ1) is 10.2. The van der Waals surface area contributed by atoms with Gasteiger partial charge in [-0.2, -0.15) is 0 Å². The van der Waals surface area contributed by atoms with Crippen LogP contribution in [0.1, 0.15) is 11.3 Å². The van der Waals surface area contributed by atoms with Crippen molar-refractivity contribution in [2.24, 2.45) is 0 Å². The lowest BCUT2D eigenvalue weighted by Gasteiger charge is -2.08. The summed E-state index contributed by atoms with van der Waals surface area (Å²) in [6, 6.07) is 12.1. The standard InChI is InChI=1S/C16H14BrN3S/c1-11-5-4-7-13(15(11)17)19-9-12-10-21-16(20-12)14-6-2-3-8-18-14/h2-8,10,19H,9H2,1H3. The van der Waals surface area contributed by atoms with E-state index in [0.717, 1.165) is 26.6 Å². The number of hydrogen-bond donors (Lipinski definition) is 1. The molecule has 0 saturated heterocycles. The fourth-order valence-corrected chi connectivity index (χ4v) is 3.16. The average Bonchev–Trinajstić information content (AvgIpc) is 2.99. The fraction of sp³-hybridized carbons (Fsp3) is 0.125. The third kappa shape index (κ3) is 3.31. The van der Waals surface area contributed by atoms with E-state index in [1.54, 1.807) is 17.5 Å². The van der Waals surface area contributed by atoms with Crippen LogP contribution in [0, 0.1) is 6.92 Å². The van der Waals surface area contributed by atoms with Crippen LogP contribution in [-0.2, 0) is 6.54 Å². The molecule has 0 fully saturated rings. The zero-order chi connectivity index (χ0) is 14.7. The summed E-state index contributed by atoms with van der Waals surface area (Å²) in [5.41, 5.74) is 4.24. The van der Waals surface area contributed by atoms with Gasteiger partial charge in [0.05, 0.1) is 17.9 Å². The van der Waals surface area contributed by atoms with Crippen molar-refractivity contribution in [2.45, 2.75) is 13.5 Å². The molecule has 0 aliphatic carbocycles. The summed E-state index contributed by atoms with van der Waals surface area (Å²) in [7, 11) is 0. The second-order valence-electron chi connectivity index (χ2n) is 4.65. The van der Waals surface area contributed by atoms with E-state index >= 15 is 0 Å². The molecule has 21 heavy (non-hydrogen) atoms. The van der Waals surface area contributed by atoms with Gasteiger partial charge >= 0.3 is 0 Å². The Morgan fingerprint density at radius 2 is 2.10 bits per heavy atom. The van der Waals surface area contributed by atoms with Crippen molar-refractivity contribution in [3.05, 3.63) is 63.7 Å². The number of rotatable bonds is 4. The Morgan fingerprint density at radius 3 is 2.90 bits per heavy atom. The summed E-state index contributed by atoms with van der Waals surface area (Å²) in [5, 5.41) is 6.44. The van der Waals surface area contributed by atoms with Gasteiger partial charge in [0.1, 0.15) is 5.01 Å². The van der Waals surface area contributed by atoms with Gasteiger partial charge in [-0.3, -0.25) is 4.98 Å². The van der Waals surface area contributed by atoms with Crippen LogP contribution in [0.3, 0.4) is 0 Å². The molecule has 1 N–H and O–H groups in total. The molecule has 3 rings (SSSR count). The van der Waals surface area contributed by atoms with Crippen molar-refractivity contribution in [1.82, 2.24) is 9.97 Å². The third-order valence-corrected chi connectivity index (χ3v) is 5.05. The summed E-state index contributed by atoms with van der Waals surface area (Å²) in [6.45, 7) is 2.78. The molecule has 0 bridgehead atoms. The second-order valence-corrected chi connectivity index (χ2v) is 6.30. The number of pyridine rings is 1. The molecule has 0 radical (unpaired) electrons. The zero-order valence-electron chi connectivity index (χ0n) is 11.5. The summed E-state index contributed by atoms with van der Waals surface area (Å²) in [6.07, 6.45) is 1.79. The van der Waals surface area contributed by atoms with Crippen molar-refractivity contribution in [3.63, 3.8) is 0 Å². The monoisotopic (exact) mass is 359 g/mol. The van der Waals surface area contributed by atoms with Crippen molar-refractivity contribution in [3.8, 4) is 10.7 Å². The Morgan fingerprint density at radius 1 is 1.19 bits per heavy atom. The van der Waals surface area contributed by atoms with Crippen molar-refractivity contribution >= 4 is 33.0 Å². The molecule has 0 atom stereocenters. The molecule has 3 nitrogen and oxygen atoms in total. The van der Waals surface area contributed by atoms with E-state index < -0.39 is 0 Å². The van der Waals surface area contributed by atoms with Crippen molar-refractivity contribution in [2.75, 3.05) is 5.32 Å². The summed E-state index contributed by atoms with van der Waals surface area (Å²) >= 11 is 5.23. The van der Waals surface area contributed by atoms with Crippen LogP contribution in [0.5, 0.6) is 0 Å². The highest BCUT2D eigenvalue weighted by molar-refractivity contribution is 9.10. The minimum absolute atomic E-state index is 0.700. The number of benzene rings is 1. The van der Waals surface area contributed by atoms with E-state index in [-0.39, 0.29) is 0 Å². The minimum Gasteiger partial charge on any atom is -0.378 e. The van der Waals surface area contributed by atoms with Gasteiger partial charge in [-0.25, -0.2) is 4.98 Å². The molecular formula is C16H14BrN3S. The minimum atomic E-state index is 0.700. The SMILES string of the molecule is Cc1cccc(NCc2csc(-c3ccccn3)n2)c1Br. The van der Waals surface area contributed by atoms with Crippen LogP contribution in [0.4, 0.5) is 5.69 Å². The molecule has 2 aromatic heterocycles. The Balaban J connectivity index is 1.72. The fourth-order valence-electron chi connectivity index (χ4n) is 1.96. The van der Waals surface area contributed by atoms with Crippen LogP contribution in [0.2, 0.25) is 0 Å². The Labute approximate surface area is 136 Å². The maximum atomic E-state index is 4.63. The Kier molecular flexibility index (Phi) is 4.31. The largest absolute Gasteiger partial charge is 0.378 e. The van der Waals surface area contributed by atoms with E-state index in [0.29, 0.717) is 6.54 Å². The molecule has 2 heterocycles. The van der Waals surface area contributed by atoms with Crippen LogP contribution in [-0.4, -0.2) is 9.97 Å². The number of aromatic nitrogens is 2. The van der Waals surface area contributed by atoms with Crippen molar-refractivity contribution in [1.29, 1.82) is 0 Å². The number of aryl methyl sites for hydroxylation is 1. The van der Waals surface area contributed by atoms with E-state index in [9.17, 15) is 0 Å². The zero-order valence-corrected chi connectivity index (χ0v) is 13.9. The quantitative estimate of drug-likeness (QED) is 0.720. The van der Waals surface area contributed by atoms with Crippen LogP contribution < -0.4 is 5.32 Å². The Hall–Kier alpha value is -1.72. The molecule has 0 saturated carbocycles. The van der Waals surface area contributed by atoms with Gasteiger partial charge in [-0.15, -0.1) is 11.3 Å². The van der Waals surface area contributed by atoms with E-state index in [1.807, 2.05) is 24.3 Å². The lowest BCUT2D eigenvalue weighted by Crippen LogP contribution is -2.01. The van der Waals surface area contributed by atoms with Gasteiger partial charge in [0.15, 0.2) is 0 Å². The molecule has 0 amide bonds. The van der Waals surface area contributed by atoms with Crippen LogP contribution in [0.25, 0.3) is 10.7 Å². The molecule has 106 valence electrons.